The highest BCUT2D eigenvalue weighted by Gasteiger charge is 2.16. The molecule has 1 rings (SSSR count). The summed E-state index contributed by atoms with van der Waals surface area (Å²) in [5, 5.41) is 9.58. The monoisotopic (exact) mass is 335 g/mol. The van der Waals surface area contributed by atoms with Gasteiger partial charge in [-0.25, -0.2) is 0 Å². The molecular weight excluding hydrogens is 321 g/mol. The predicted octanol–water partition coefficient (Wildman–Crippen LogP) is 1.43. The molecule has 0 saturated carbocycles. The summed E-state index contributed by atoms with van der Waals surface area (Å²) in [5.74, 6) is -0.291. The lowest BCUT2D eigenvalue weighted by Crippen LogP contribution is -2.34. The van der Waals surface area contributed by atoms with Gasteiger partial charge in [-0.15, -0.1) is 0 Å². The number of nitrogens with two attached hydrogens (primary N) is 1. The number of benzene rings is 1. The first-order valence-corrected chi connectivity index (χ1v) is 6.02. The summed E-state index contributed by atoms with van der Waals surface area (Å²) in [6.07, 6.45) is 0.279. The molecule has 88 valence electrons. The average molecular weight is 335 g/mol. The molecule has 0 heterocycles. The summed E-state index contributed by atoms with van der Waals surface area (Å²) >= 11 is 2.13. The van der Waals surface area contributed by atoms with E-state index in [4.69, 9.17) is 10.5 Å². The van der Waals surface area contributed by atoms with Gasteiger partial charge in [-0.2, -0.15) is 0 Å². The van der Waals surface area contributed by atoms with Crippen LogP contribution in [0.2, 0.25) is 0 Å². The van der Waals surface area contributed by atoms with E-state index in [1.807, 2.05) is 0 Å². The second-order valence-electron chi connectivity index (χ2n) is 3.34. The van der Waals surface area contributed by atoms with Crippen LogP contribution in [0, 0.1) is 3.57 Å². The Morgan fingerprint density at radius 1 is 1.62 bits per heavy atom. The molecule has 0 spiro atoms. The van der Waals surface area contributed by atoms with Gasteiger partial charge in [0.25, 0.3) is 0 Å². The third kappa shape index (κ3) is 3.64. The molecule has 1 atom stereocenters. The van der Waals surface area contributed by atoms with Crippen molar-refractivity contribution in [2.24, 2.45) is 5.73 Å². The smallest absolute Gasteiger partial charge is 0.323 e. The van der Waals surface area contributed by atoms with Crippen LogP contribution < -0.4 is 5.73 Å². The molecule has 0 radical (unpaired) electrons. The zero-order valence-corrected chi connectivity index (χ0v) is 11.1. The number of rotatable bonds is 4. The van der Waals surface area contributed by atoms with Crippen LogP contribution in [-0.4, -0.2) is 23.7 Å². The van der Waals surface area contributed by atoms with E-state index < -0.39 is 12.0 Å². The highest BCUT2D eigenvalue weighted by molar-refractivity contribution is 14.1. The first-order chi connectivity index (χ1) is 7.54. The first-order valence-electron chi connectivity index (χ1n) is 4.94. The van der Waals surface area contributed by atoms with Crippen molar-refractivity contribution in [1.82, 2.24) is 0 Å². The predicted molar refractivity (Wildman–Crippen MR) is 69.1 cm³/mol. The van der Waals surface area contributed by atoms with Crippen molar-refractivity contribution in [3.63, 3.8) is 0 Å². The third-order valence-electron chi connectivity index (χ3n) is 2.07. The van der Waals surface area contributed by atoms with Crippen LogP contribution in [0.4, 0.5) is 0 Å². The maximum absolute atomic E-state index is 11.3. The Morgan fingerprint density at radius 2 is 2.31 bits per heavy atom. The maximum atomic E-state index is 11.3. The summed E-state index contributed by atoms with van der Waals surface area (Å²) in [5.41, 5.74) is 6.33. The normalized spacial score (nSPS) is 12.2. The molecule has 1 unspecified atom stereocenters. The van der Waals surface area contributed by atoms with Crippen molar-refractivity contribution in [2.45, 2.75) is 19.4 Å². The van der Waals surface area contributed by atoms with Crippen LogP contribution >= 0.6 is 22.6 Å². The van der Waals surface area contributed by atoms with Gasteiger partial charge in [0.1, 0.15) is 11.8 Å². The standard InChI is InChI=1S/C11H14INO3/c1-2-16-11(15)9(13)6-7-5-8(12)3-4-10(7)14/h3-5,9,14H,2,6,13H2,1H3. The Kier molecular flexibility index (Phi) is 5.01. The first kappa shape index (κ1) is 13.2. The largest absolute Gasteiger partial charge is 0.508 e. The number of phenolic OH excluding ortho intramolecular Hbond substituents is 1. The molecule has 0 saturated heterocycles. The molecule has 0 amide bonds. The molecule has 0 aliphatic carbocycles. The average Bonchev–Trinajstić information content (AvgIpc) is 2.23. The number of esters is 1. The van der Waals surface area contributed by atoms with E-state index in [0.717, 1.165) is 3.57 Å². The van der Waals surface area contributed by atoms with E-state index in [1.54, 1.807) is 25.1 Å². The van der Waals surface area contributed by atoms with E-state index in [0.29, 0.717) is 12.2 Å². The SMILES string of the molecule is CCOC(=O)C(N)Cc1cc(I)ccc1O. The molecule has 4 nitrogen and oxygen atoms in total. The number of carbonyl (C=O) groups is 1. The van der Waals surface area contributed by atoms with Gasteiger partial charge in [0, 0.05) is 9.99 Å². The highest BCUT2D eigenvalue weighted by Crippen LogP contribution is 2.20. The molecule has 1 aromatic carbocycles. The van der Waals surface area contributed by atoms with Gasteiger partial charge in [0.2, 0.25) is 0 Å². The van der Waals surface area contributed by atoms with Gasteiger partial charge in [-0.1, -0.05) is 0 Å². The topological polar surface area (TPSA) is 72.5 Å². The Labute approximate surface area is 108 Å². The number of hydrogen-bond acceptors (Lipinski definition) is 4. The van der Waals surface area contributed by atoms with Gasteiger partial charge in [-0.3, -0.25) is 4.79 Å². The summed E-state index contributed by atoms with van der Waals surface area (Å²) in [6, 6.07) is 4.45. The summed E-state index contributed by atoms with van der Waals surface area (Å²) in [6.45, 7) is 2.04. The molecule has 0 fully saturated rings. The number of hydrogen-bond donors (Lipinski definition) is 2. The minimum absolute atomic E-state index is 0.153. The Balaban J connectivity index is 2.72. The van der Waals surface area contributed by atoms with Crippen LogP contribution in [-0.2, 0) is 16.0 Å². The Hall–Kier alpha value is -0.820. The molecule has 1 aromatic rings. The number of aromatic hydroxyl groups is 1. The molecule has 0 aromatic heterocycles. The molecule has 0 aliphatic rings. The molecule has 5 heteroatoms. The number of ether oxygens (including phenoxy) is 1. The zero-order valence-electron chi connectivity index (χ0n) is 8.94. The molecular formula is C11H14INO3. The fourth-order valence-electron chi connectivity index (χ4n) is 1.29. The van der Waals surface area contributed by atoms with E-state index in [2.05, 4.69) is 22.6 Å². The lowest BCUT2D eigenvalue weighted by Gasteiger charge is -2.11. The van der Waals surface area contributed by atoms with E-state index in [1.165, 1.54) is 0 Å². The van der Waals surface area contributed by atoms with Gasteiger partial charge < -0.3 is 15.6 Å². The van der Waals surface area contributed by atoms with E-state index in [-0.39, 0.29) is 12.2 Å². The zero-order chi connectivity index (χ0) is 12.1. The minimum atomic E-state index is -0.732. The highest BCUT2D eigenvalue weighted by atomic mass is 127. The Bertz CT molecular complexity index is 381. The second kappa shape index (κ2) is 6.05. The van der Waals surface area contributed by atoms with Gasteiger partial charge in [0.15, 0.2) is 0 Å². The van der Waals surface area contributed by atoms with Gasteiger partial charge in [0.05, 0.1) is 6.61 Å². The third-order valence-corrected chi connectivity index (χ3v) is 2.74. The number of halogens is 1. The van der Waals surface area contributed by atoms with Gasteiger partial charge in [-0.05, 0) is 53.3 Å². The molecule has 16 heavy (non-hydrogen) atoms. The van der Waals surface area contributed by atoms with Crippen LogP contribution in [0.5, 0.6) is 5.75 Å². The number of phenols is 1. The van der Waals surface area contributed by atoms with Crippen molar-refractivity contribution < 1.29 is 14.6 Å². The van der Waals surface area contributed by atoms with Crippen molar-refractivity contribution in [1.29, 1.82) is 0 Å². The van der Waals surface area contributed by atoms with Crippen LogP contribution in [0.15, 0.2) is 18.2 Å². The van der Waals surface area contributed by atoms with Gasteiger partial charge >= 0.3 is 5.97 Å². The molecule has 3 N–H and O–H groups in total. The minimum Gasteiger partial charge on any atom is -0.508 e. The van der Waals surface area contributed by atoms with E-state index >= 15 is 0 Å². The van der Waals surface area contributed by atoms with Crippen LogP contribution in [0.1, 0.15) is 12.5 Å². The fourth-order valence-corrected chi connectivity index (χ4v) is 1.84. The van der Waals surface area contributed by atoms with Crippen LogP contribution in [0.25, 0.3) is 0 Å². The molecule has 0 aliphatic heterocycles. The molecule has 0 bridgehead atoms. The second-order valence-corrected chi connectivity index (χ2v) is 4.58. The van der Waals surface area contributed by atoms with Crippen molar-refractivity contribution in [3.05, 3.63) is 27.3 Å². The number of carbonyl (C=O) groups excluding carboxylic acids is 1. The van der Waals surface area contributed by atoms with Crippen molar-refractivity contribution in [2.75, 3.05) is 6.61 Å². The summed E-state index contributed by atoms with van der Waals surface area (Å²) in [7, 11) is 0. The lowest BCUT2D eigenvalue weighted by molar-refractivity contribution is -0.144. The maximum Gasteiger partial charge on any atom is 0.323 e. The van der Waals surface area contributed by atoms with E-state index in [9.17, 15) is 9.90 Å². The lowest BCUT2D eigenvalue weighted by atomic mass is 10.1. The van der Waals surface area contributed by atoms with Crippen LogP contribution in [0.3, 0.4) is 0 Å². The summed E-state index contributed by atoms with van der Waals surface area (Å²) in [4.78, 5) is 11.3. The fraction of sp³-hybridized carbons (Fsp3) is 0.364. The Morgan fingerprint density at radius 3 is 2.94 bits per heavy atom. The van der Waals surface area contributed by atoms with Crippen molar-refractivity contribution in [3.8, 4) is 5.75 Å². The van der Waals surface area contributed by atoms with Crippen molar-refractivity contribution >= 4 is 28.6 Å². The summed E-state index contributed by atoms with van der Waals surface area (Å²) < 4.78 is 5.79. The quantitative estimate of drug-likeness (QED) is 0.645.